The SMILES string of the molecule is COC(=O)C=C1C=C(C)CC(C)(C)C1. The van der Waals surface area contributed by atoms with Crippen LogP contribution < -0.4 is 0 Å². The first-order chi connectivity index (χ1) is 6.43. The molecule has 0 spiro atoms. The van der Waals surface area contributed by atoms with Gasteiger partial charge in [0.15, 0.2) is 0 Å². The molecule has 0 aliphatic heterocycles. The van der Waals surface area contributed by atoms with E-state index in [1.807, 2.05) is 0 Å². The molecule has 0 radical (unpaired) electrons. The summed E-state index contributed by atoms with van der Waals surface area (Å²) >= 11 is 0. The van der Waals surface area contributed by atoms with Crippen LogP contribution in [0.2, 0.25) is 0 Å². The molecule has 2 nitrogen and oxygen atoms in total. The number of ether oxygens (including phenoxy) is 1. The van der Waals surface area contributed by atoms with Gasteiger partial charge < -0.3 is 4.74 Å². The number of carbonyl (C=O) groups is 1. The second-order valence-corrected chi connectivity index (χ2v) is 4.75. The standard InChI is InChI=1S/C12H18O2/c1-9-5-10(6-11(13)14-4)8-12(2,3)7-9/h5-6H,7-8H2,1-4H3. The highest BCUT2D eigenvalue weighted by Crippen LogP contribution is 2.37. The van der Waals surface area contributed by atoms with Crippen LogP contribution in [-0.2, 0) is 9.53 Å². The summed E-state index contributed by atoms with van der Waals surface area (Å²) < 4.78 is 4.61. The number of methoxy groups -OCH3 is 1. The van der Waals surface area contributed by atoms with Crippen LogP contribution in [0.25, 0.3) is 0 Å². The summed E-state index contributed by atoms with van der Waals surface area (Å²) in [7, 11) is 1.41. The highest BCUT2D eigenvalue weighted by atomic mass is 16.5. The predicted octanol–water partition coefficient (Wildman–Crippen LogP) is 2.85. The fraction of sp³-hybridized carbons (Fsp3) is 0.583. The normalized spacial score (nSPS) is 23.1. The molecule has 0 heterocycles. The van der Waals surface area contributed by atoms with Gasteiger partial charge in [-0.3, -0.25) is 0 Å². The van der Waals surface area contributed by atoms with Crippen molar-refractivity contribution in [2.45, 2.75) is 33.6 Å². The minimum Gasteiger partial charge on any atom is -0.466 e. The van der Waals surface area contributed by atoms with Gasteiger partial charge in [0.1, 0.15) is 0 Å². The van der Waals surface area contributed by atoms with E-state index in [0.717, 1.165) is 18.4 Å². The van der Waals surface area contributed by atoms with E-state index in [1.165, 1.54) is 12.7 Å². The molecule has 0 N–H and O–H groups in total. The van der Waals surface area contributed by atoms with Crippen molar-refractivity contribution in [1.29, 1.82) is 0 Å². The zero-order valence-corrected chi connectivity index (χ0v) is 9.39. The number of esters is 1. The maximum absolute atomic E-state index is 11.1. The van der Waals surface area contributed by atoms with Crippen molar-refractivity contribution in [3.05, 3.63) is 23.3 Å². The van der Waals surface area contributed by atoms with Gasteiger partial charge in [-0.05, 0) is 30.8 Å². The molecular weight excluding hydrogens is 176 g/mol. The van der Waals surface area contributed by atoms with Crippen LogP contribution >= 0.6 is 0 Å². The van der Waals surface area contributed by atoms with Crippen LogP contribution in [0.4, 0.5) is 0 Å². The maximum Gasteiger partial charge on any atom is 0.330 e. The van der Waals surface area contributed by atoms with Gasteiger partial charge in [0.2, 0.25) is 0 Å². The van der Waals surface area contributed by atoms with Crippen molar-refractivity contribution in [2.75, 3.05) is 7.11 Å². The van der Waals surface area contributed by atoms with E-state index in [-0.39, 0.29) is 11.4 Å². The molecule has 0 saturated carbocycles. The van der Waals surface area contributed by atoms with E-state index >= 15 is 0 Å². The second kappa shape index (κ2) is 3.99. The fourth-order valence-electron chi connectivity index (χ4n) is 2.09. The van der Waals surface area contributed by atoms with Crippen LogP contribution in [0, 0.1) is 5.41 Å². The number of hydrogen-bond donors (Lipinski definition) is 0. The first-order valence-corrected chi connectivity index (χ1v) is 4.89. The predicted molar refractivity (Wildman–Crippen MR) is 56.9 cm³/mol. The van der Waals surface area contributed by atoms with Gasteiger partial charge in [-0.2, -0.15) is 0 Å². The highest BCUT2D eigenvalue weighted by molar-refractivity contribution is 5.83. The average molecular weight is 194 g/mol. The molecule has 0 aromatic carbocycles. The van der Waals surface area contributed by atoms with Crippen LogP contribution in [-0.4, -0.2) is 13.1 Å². The molecule has 0 unspecified atom stereocenters. The Morgan fingerprint density at radius 3 is 2.64 bits per heavy atom. The Hall–Kier alpha value is -1.05. The Kier molecular flexibility index (Phi) is 3.14. The quantitative estimate of drug-likeness (QED) is 0.474. The van der Waals surface area contributed by atoms with Crippen LogP contribution in [0.1, 0.15) is 33.6 Å². The van der Waals surface area contributed by atoms with E-state index in [4.69, 9.17) is 0 Å². The van der Waals surface area contributed by atoms with Gasteiger partial charge in [0, 0.05) is 6.08 Å². The summed E-state index contributed by atoms with van der Waals surface area (Å²) in [5.74, 6) is -0.262. The molecule has 0 amide bonds. The summed E-state index contributed by atoms with van der Waals surface area (Å²) in [5, 5.41) is 0. The summed E-state index contributed by atoms with van der Waals surface area (Å²) in [4.78, 5) is 11.1. The van der Waals surface area contributed by atoms with Gasteiger partial charge in [0.25, 0.3) is 0 Å². The number of rotatable bonds is 1. The van der Waals surface area contributed by atoms with E-state index in [9.17, 15) is 4.79 Å². The molecule has 0 fully saturated rings. The van der Waals surface area contributed by atoms with Gasteiger partial charge in [-0.15, -0.1) is 0 Å². The highest BCUT2D eigenvalue weighted by Gasteiger charge is 2.23. The molecule has 1 aliphatic rings. The molecule has 14 heavy (non-hydrogen) atoms. The van der Waals surface area contributed by atoms with Crippen LogP contribution in [0.5, 0.6) is 0 Å². The summed E-state index contributed by atoms with van der Waals surface area (Å²) in [6.45, 7) is 6.54. The summed E-state index contributed by atoms with van der Waals surface area (Å²) in [5.41, 5.74) is 2.67. The molecule has 0 aromatic rings. The topological polar surface area (TPSA) is 26.3 Å². The Morgan fingerprint density at radius 2 is 2.14 bits per heavy atom. The molecule has 0 bridgehead atoms. The zero-order chi connectivity index (χ0) is 10.8. The zero-order valence-electron chi connectivity index (χ0n) is 9.39. The monoisotopic (exact) mass is 194 g/mol. The molecule has 1 aliphatic carbocycles. The van der Waals surface area contributed by atoms with E-state index < -0.39 is 0 Å². The van der Waals surface area contributed by atoms with Gasteiger partial charge in [-0.25, -0.2) is 4.79 Å². The third-order valence-electron chi connectivity index (χ3n) is 2.38. The van der Waals surface area contributed by atoms with Gasteiger partial charge in [0.05, 0.1) is 7.11 Å². The average Bonchev–Trinajstić information content (AvgIpc) is 1.99. The lowest BCUT2D eigenvalue weighted by atomic mass is 9.75. The van der Waals surface area contributed by atoms with Gasteiger partial charge >= 0.3 is 5.97 Å². The molecule has 2 heteroatoms. The lowest BCUT2D eigenvalue weighted by molar-refractivity contribution is -0.134. The molecule has 0 atom stereocenters. The smallest absolute Gasteiger partial charge is 0.330 e. The van der Waals surface area contributed by atoms with E-state index in [2.05, 4.69) is 31.6 Å². The lowest BCUT2D eigenvalue weighted by Crippen LogP contribution is -2.17. The molecular formula is C12H18O2. The Labute approximate surface area is 85.6 Å². The Morgan fingerprint density at radius 1 is 1.50 bits per heavy atom. The van der Waals surface area contributed by atoms with Crippen molar-refractivity contribution in [3.63, 3.8) is 0 Å². The maximum atomic E-state index is 11.1. The van der Waals surface area contributed by atoms with Crippen LogP contribution in [0.15, 0.2) is 23.3 Å². The van der Waals surface area contributed by atoms with Crippen LogP contribution in [0.3, 0.4) is 0 Å². The van der Waals surface area contributed by atoms with E-state index in [1.54, 1.807) is 6.08 Å². The van der Waals surface area contributed by atoms with E-state index in [0.29, 0.717) is 0 Å². The van der Waals surface area contributed by atoms with Crippen molar-refractivity contribution >= 4 is 5.97 Å². The summed E-state index contributed by atoms with van der Waals surface area (Å²) in [6, 6.07) is 0. The Bertz CT molecular complexity index is 295. The minimum atomic E-state index is -0.262. The number of hydrogen-bond acceptors (Lipinski definition) is 2. The molecule has 0 aromatic heterocycles. The second-order valence-electron chi connectivity index (χ2n) is 4.75. The Balaban J connectivity index is 2.86. The first kappa shape index (κ1) is 11.0. The molecule has 78 valence electrons. The number of carbonyl (C=O) groups excluding carboxylic acids is 1. The lowest BCUT2D eigenvalue weighted by Gasteiger charge is -2.30. The largest absolute Gasteiger partial charge is 0.466 e. The minimum absolute atomic E-state index is 0.262. The fourth-order valence-corrected chi connectivity index (χ4v) is 2.09. The number of allylic oxidation sites excluding steroid dienone is 3. The third kappa shape index (κ3) is 3.02. The van der Waals surface area contributed by atoms with Crippen molar-refractivity contribution in [1.82, 2.24) is 0 Å². The van der Waals surface area contributed by atoms with Gasteiger partial charge in [-0.1, -0.05) is 25.5 Å². The van der Waals surface area contributed by atoms with Crippen molar-refractivity contribution < 1.29 is 9.53 Å². The third-order valence-corrected chi connectivity index (χ3v) is 2.38. The molecule has 1 rings (SSSR count). The summed E-state index contributed by atoms with van der Waals surface area (Å²) in [6.07, 6.45) is 5.72. The first-order valence-electron chi connectivity index (χ1n) is 4.89. The van der Waals surface area contributed by atoms with Crippen molar-refractivity contribution in [2.24, 2.45) is 5.41 Å². The molecule has 0 saturated heterocycles. The van der Waals surface area contributed by atoms with Crippen molar-refractivity contribution in [3.8, 4) is 0 Å².